The lowest BCUT2D eigenvalue weighted by molar-refractivity contribution is -0.593. The highest BCUT2D eigenvalue weighted by molar-refractivity contribution is 5.46. The first-order chi connectivity index (χ1) is 13.1. The molecule has 8 heteroatoms. The zero-order valence-corrected chi connectivity index (χ0v) is 15.1. The molecular formula is C19H21N3O5. The number of fused-ring (bicyclic) bond motifs is 1. The number of aliphatic hydroxyl groups is 1. The predicted molar refractivity (Wildman–Crippen MR) is 96.0 cm³/mol. The van der Waals surface area contributed by atoms with E-state index in [2.05, 4.69) is 5.32 Å². The lowest BCUT2D eigenvalue weighted by Gasteiger charge is -2.44. The van der Waals surface area contributed by atoms with E-state index in [1.54, 1.807) is 18.2 Å². The fourth-order valence-electron chi connectivity index (χ4n) is 3.34. The largest absolute Gasteiger partial charge is 0.710 e. The zero-order chi connectivity index (χ0) is 19.4. The van der Waals surface area contributed by atoms with Gasteiger partial charge in [-0.25, -0.2) is 4.73 Å². The Kier molecular flexibility index (Phi) is 5.46. The summed E-state index contributed by atoms with van der Waals surface area (Å²) >= 11 is 0. The van der Waals surface area contributed by atoms with E-state index in [4.69, 9.17) is 19.5 Å². The maximum absolute atomic E-state index is 12.4. The Labute approximate surface area is 157 Å². The van der Waals surface area contributed by atoms with Gasteiger partial charge < -0.3 is 24.5 Å². The second-order valence-corrected chi connectivity index (χ2v) is 6.34. The monoisotopic (exact) mass is 371 g/mol. The number of anilines is 1. The molecule has 0 radical (unpaired) electrons. The smallest absolute Gasteiger partial charge is 0.279 e. The van der Waals surface area contributed by atoms with Crippen LogP contribution in [0.3, 0.4) is 0 Å². The summed E-state index contributed by atoms with van der Waals surface area (Å²) in [5, 5.41) is 35.7. The standard InChI is InChI=1S/C19H21N3O5/c1-25-11-19(12-26-2)18(23)17(14-7-3-4-8-15(14)27-19)21-16-9-5-6-13(10-20)22(16)24/h3-9,17-18,21,23H,11-12H2,1-2H3/t17-,18+/m1/s1. The fraction of sp³-hybridized carbons (Fsp3) is 0.368. The van der Waals surface area contributed by atoms with Gasteiger partial charge in [0.15, 0.2) is 11.6 Å². The highest BCUT2D eigenvalue weighted by Gasteiger charge is 2.52. The summed E-state index contributed by atoms with van der Waals surface area (Å²) in [6.45, 7) is 0.175. The van der Waals surface area contributed by atoms with Crippen LogP contribution in [0.25, 0.3) is 0 Å². The molecular weight excluding hydrogens is 350 g/mol. The molecule has 0 amide bonds. The second kappa shape index (κ2) is 7.80. The van der Waals surface area contributed by atoms with E-state index in [1.807, 2.05) is 24.3 Å². The minimum absolute atomic E-state index is 0.0464. The maximum atomic E-state index is 12.4. The number of aliphatic hydroxyl groups excluding tert-OH is 1. The molecule has 8 nitrogen and oxygen atoms in total. The maximum Gasteiger partial charge on any atom is 0.279 e. The Bertz CT molecular complexity index is 845. The zero-order valence-electron chi connectivity index (χ0n) is 15.1. The molecule has 0 saturated heterocycles. The van der Waals surface area contributed by atoms with Crippen molar-refractivity contribution in [3.05, 3.63) is 58.9 Å². The SMILES string of the molecule is COCC1(COC)Oc2ccccc2[C@@H](Nc2cccc(C#N)[n+]2[O-])[C@@H]1O. The summed E-state index contributed by atoms with van der Waals surface area (Å²) in [7, 11) is 3.02. The van der Waals surface area contributed by atoms with Gasteiger partial charge >= 0.3 is 0 Å². The third kappa shape index (κ3) is 3.40. The Morgan fingerprint density at radius 3 is 2.59 bits per heavy atom. The van der Waals surface area contributed by atoms with E-state index >= 15 is 0 Å². The van der Waals surface area contributed by atoms with Crippen LogP contribution in [0.5, 0.6) is 5.75 Å². The van der Waals surface area contributed by atoms with Crippen LogP contribution < -0.4 is 14.8 Å². The summed E-state index contributed by atoms with van der Waals surface area (Å²) in [5.41, 5.74) is -0.513. The third-order valence-corrected chi connectivity index (χ3v) is 4.56. The van der Waals surface area contributed by atoms with Gasteiger partial charge in [-0.15, -0.1) is 0 Å². The number of hydrogen-bond donors (Lipinski definition) is 2. The fourth-order valence-corrected chi connectivity index (χ4v) is 3.34. The number of nitrogens with zero attached hydrogens (tertiary/aromatic N) is 2. The van der Waals surface area contributed by atoms with Crippen LogP contribution >= 0.6 is 0 Å². The van der Waals surface area contributed by atoms with Gasteiger partial charge in [-0.2, -0.15) is 5.26 Å². The number of aromatic nitrogens is 1. The van der Waals surface area contributed by atoms with Gasteiger partial charge in [-0.05, 0) is 18.2 Å². The molecule has 2 heterocycles. The summed E-state index contributed by atoms with van der Waals surface area (Å²) in [4.78, 5) is 0. The molecule has 142 valence electrons. The first-order valence-electron chi connectivity index (χ1n) is 8.39. The number of rotatable bonds is 6. The highest BCUT2D eigenvalue weighted by Crippen LogP contribution is 2.41. The molecule has 2 N–H and O–H groups in total. The van der Waals surface area contributed by atoms with Crippen LogP contribution in [0.15, 0.2) is 42.5 Å². The minimum Gasteiger partial charge on any atom is -0.710 e. The van der Waals surface area contributed by atoms with Gasteiger partial charge in [0.1, 0.15) is 17.9 Å². The number of ether oxygens (including phenoxy) is 3. The molecule has 0 saturated carbocycles. The van der Waals surface area contributed by atoms with Crippen molar-refractivity contribution in [3.63, 3.8) is 0 Å². The van der Waals surface area contributed by atoms with Crippen molar-refractivity contribution in [2.45, 2.75) is 17.7 Å². The van der Waals surface area contributed by atoms with Crippen molar-refractivity contribution in [2.24, 2.45) is 0 Å². The number of nitriles is 1. The van der Waals surface area contributed by atoms with Crippen molar-refractivity contribution in [1.29, 1.82) is 5.26 Å². The summed E-state index contributed by atoms with van der Waals surface area (Å²) in [6, 6.07) is 13.0. The van der Waals surface area contributed by atoms with Crippen molar-refractivity contribution in [3.8, 4) is 11.8 Å². The van der Waals surface area contributed by atoms with Crippen LogP contribution in [0.2, 0.25) is 0 Å². The van der Waals surface area contributed by atoms with E-state index < -0.39 is 17.7 Å². The van der Waals surface area contributed by atoms with Gasteiger partial charge in [0.05, 0.1) is 13.2 Å². The first kappa shape index (κ1) is 18.9. The molecule has 1 aliphatic heterocycles. The quantitative estimate of drug-likeness (QED) is 0.578. The minimum atomic E-state index is -1.16. The van der Waals surface area contributed by atoms with Crippen LogP contribution in [0.1, 0.15) is 17.3 Å². The van der Waals surface area contributed by atoms with Gasteiger partial charge in [0.25, 0.3) is 5.82 Å². The van der Waals surface area contributed by atoms with Gasteiger partial charge in [-0.3, -0.25) is 5.32 Å². The summed E-state index contributed by atoms with van der Waals surface area (Å²) in [6.07, 6.45) is -1.09. The Morgan fingerprint density at radius 1 is 1.22 bits per heavy atom. The molecule has 2 atom stereocenters. The number of pyridine rings is 1. The Balaban J connectivity index is 2.06. The van der Waals surface area contributed by atoms with E-state index in [0.29, 0.717) is 16.0 Å². The molecule has 3 rings (SSSR count). The predicted octanol–water partition coefficient (Wildman–Crippen LogP) is 1.13. The molecule has 0 fully saturated rings. The third-order valence-electron chi connectivity index (χ3n) is 4.56. The normalized spacial score (nSPS) is 20.2. The molecule has 1 aliphatic rings. The van der Waals surface area contributed by atoms with Gasteiger partial charge in [-0.1, -0.05) is 18.2 Å². The molecule has 0 bridgehead atoms. The average molecular weight is 371 g/mol. The molecule has 0 unspecified atom stereocenters. The van der Waals surface area contributed by atoms with Crippen LogP contribution in [0, 0.1) is 16.5 Å². The topological polar surface area (TPSA) is 111 Å². The lowest BCUT2D eigenvalue weighted by atomic mass is 9.84. The average Bonchev–Trinajstić information content (AvgIpc) is 2.67. The summed E-state index contributed by atoms with van der Waals surface area (Å²) in [5.74, 6) is 0.710. The number of hydrogen-bond acceptors (Lipinski definition) is 7. The number of methoxy groups -OCH3 is 2. The molecule has 0 aliphatic carbocycles. The van der Waals surface area contributed by atoms with Crippen molar-refractivity contribution in [1.82, 2.24) is 0 Å². The van der Waals surface area contributed by atoms with Crippen molar-refractivity contribution >= 4 is 5.82 Å². The van der Waals surface area contributed by atoms with Crippen molar-refractivity contribution < 1.29 is 24.0 Å². The number of benzene rings is 1. The van der Waals surface area contributed by atoms with E-state index in [9.17, 15) is 10.3 Å². The first-order valence-corrected chi connectivity index (χ1v) is 8.39. The highest BCUT2D eigenvalue weighted by atomic mass is 16.6. The van der Waals surface area contributed by atoms with Gasteiger partial charge in [0, 0.05) is 25.8 Å². The van der Waals surface area contributed by atoms with E-state index in [-0.39, 0.29) is 24.7 Å². The lowest BCUT2D eigenvalue weighted by Crippen LogP contribution is -2.60. The molecule has 2 aromatic rings. The van der Waals surface area contributed by atoms with E-state index in [1.165, 1.54) is 20.3 Å². The van der Waals surface area contributed by atoms with Gasteiger partial charge in [0.2, 0.25) is 5.69 Å². The van der Waals surface area contributed by atoms with Crippen LogP contribution in [-0.2, 0) is 9.47 Å². The Hall–Kier alpha value is -2.86. The molecule has 27 heavy (non-hydrogen) atoms. The number of nitrogens with one attached hydrogen (secondary N) is 1. The van der Waals surface area contributed by atoms with Crippen LogP contribution in [-0.4, -0.2) is 44.2 Å². The number of para-hydroxylation sites is 1. The molecule has 1 aromatic carbocycles. The molecule has 0 spiro atoms. The second-order valence-electron chi connectivity index (χ2n) is 6.34. The van der Waals surface area contributed by atoms with Crippen LogP contribution in [0.4, 0.5) is 5.82 Å². The van der Waals surface area contributed by atoms with E-state index in [0.717, 1.165) is 0 Å². The molecule has 1 aromatic heterocycles. The Morgan fingerprint density at radius 2 is 1.93 bits per heavy atom. The van der Waals surface area contributed by atoms with Crippen molar-refractivity contribution in [2.75, 3.05) is 32.8 Å². The summed E-state index contributed by atoms with van der Waals surface area (Å²) < 4.78 is 17.1.